The van der Waals surface area contributed by atoms with Crippen molar-refractivity contribution in [1.29, 1.82) is 0 Å². The molecule has 5 nitrogen and oxygen atoms in total. The van der Waals surface area contributed by atoms with Gasteiger partial charge in [-0.05, 0) is 52.2 Å². The van der Waals surface area contributed by atoms with Crippen molar-refractivity contribution < 1.29 is 9.59 Å². The monoisotopic (exact) mass is 483 g/mol. The van der Waals surface area contributed by atoms with Gasteiger partial charge < -0.3 is 11.1 Å². The zero-order valence-corrected chi connectivity index (χ0v) is 19.7. The molecule has 5 rings (SSSR count). The molecule has 2 amide bonds. The van der Waals surface area contributed by atoms with Crippen LogP contribution in [0.1, 0.15) is 27.5 Å². The van der Waals surface area contributed by atoms with Gasteiger partial charge in [0.2, 0.25) is 5.91 Å². The van der Waals surface area contributed by atoms with Crippen LogP contribution in [0.3, 0.4) is 0 Å². The molecule has 3 N–H and O–H groups in total. The topological polar surface area (TPSA) is 85.1 Å². The number of nitrogens with two attached hydrogens (primary N) is 1. The predicted octanol–water partition coefficient (Wildman–Crippen LogP) is 5.70. The molecule has 1 atom stereocenters. The zero-order chi connectivity index (χ0) is 23.5. The fraction of sp³-hybridized carbons (Fsp3) is 0.0741. The van der Waals surface area contributed by atoms with Crippen LogP contribution in [0.4, 0.5) is 0 Å². The lowest BCUT2D eigenvalue weighted by Gasteiger charge is -2.17. The minimum Gasteiger partial charge on any atom is -0.368 e. The van der Waals surface area contributed by atoms with Gasteiger partial charge >= 0.3 is 0 Å². The summed E-state index contributed by atoms with van der Waals surface area (Å²) in [4.78, 5) is 29.6. The third-order valence-corrected chi connectivity index (χ3v) is 7.77. The molecule has 168 valence electrons. The average molecular weight is 484 g/mol. The average Bonchev–Trinajstić information content (AvgIpc) is 3.29. The van der Waals surface area contributed by atoms with Gasteiger partial charge in [0.15, 0.2) is 4.34 Å². The predicted molar refractivity (Wildman–Crippen MR) is 139 cm³/mol. The van der Waals surface area contributed by atoms with E-state index in [0.717, 1.165) is 31.9 Å². The Morgan fingerprint density at radius 2 is 1.65 bits per heavy atom. The van der Waals surface area contributed by atoms with Crippen LogP contribution in [-0.2, 0) is 10.5 Å². The van der Waals surface area contributed by atoms with Crippen LogP contribution < -0.4 is 11.1 Å². The number of primary amides is 1. The minimum absolute atomic E-state index is 0.345. The third-order valence-electron chi connectivity index (χ3n) is 5.52. The van der Waals surface area contributed by atoms with Crippen LogP contribution in [0.5, 0.6) is 0 Å². The molecule has 1 heterocycles. The summed E-state index contributed by atoms with van der Waals surface area (Å²) in [7, 11) is 0. The number of carbonyl (C=O) groups is 2. The number of aromatic nitrogens is 1. The summed E-state index contributed by atoms with van der Waals surface area (Å²) < 4.78 is 2.19. The Hall–Kier alpha value is -3.68. The van der Waals surface area contributed by atoms with Gasteiger partial charge in [0, 0.05) is 11.3 Å². The zero-order valence-electron chi connectivity index (χ0n) is 18.1. The summed E-state index contributed by atoms with van der Waals surface area (Å²) in [5, 5.41) is 4.82. The van der Waals surface area contributed by atoms with Gasteiger partial charge in [0.25, 0.3) is 5.91 Å². The summed E-state index contributed by atoms with van der Waals surface area (Å²) in [6.45, 7) is 0. The smallest absolute Gasteiger partial charge is 0.252 e. The molecule has 4 aromatic carbocycles. The van der Waals surface area contributed by atoms with Gasteiger partial charge in [0.1, 0.15) is 6.04 Å². The van der Waals surface area contributed by atoms with Gasteiger partial charge in [-0.3, -0.25) is 9.59 Å². The van der Waals surface area contributed by atoms with E-state index in [2.05, 4.69) is 16.4 Å². The van der Waals surface area contributed by atoms with E-state index in [4.69, 9.17) is 5.73 Å². The van der Waals surface area contributed by atoms with Crippen molar-refractivity contribution in [2.75, 3.05) is 0 Å². The number of nitrogens with one attached hydrogen (secondary N) is 1. The SMILES string of the molecule is NC(=O)C(NC(=O)c1ccc(CSc2nc3ccccc3s2)cc1)c1ccc2ccccc2c1. The quantitative estimate of drug-likeness (QED) is 0.291. The second kappa shape index (κ2) is 9.67. The van der Waals surface area contributed by atoms with E-state index >= 15 is 0 Å². The molecule has 0 fully saturated rings. The summed E-state index contributed by atoms with van der Waals surface area (Å²) in [5.74, 6) is -0.197. The Kier molecular flexibility index (Phi) is 6.29. The van der Waals surface area contributed by atoms with Crippen molar-refractivity contribution in [3.05, 3.63) is 108 Å². The Morgan fingerprint density at radius 1 is 0.912 bits per heavy atom. The first-order valence-corrected chi connectivity index (χ1v) is 12.5. The number of amides is 2. The third kappa shape index (κ3) is 4.81. The Labute approximate surface area is 205 Å². The van der Waals surface area contributed by atoms with E-state index in [1.54, 1.807) is 35.2 Å². The normalized spacial score (nSPS) is 12.0. The molecule has 0 bridgehead atoms. The Morgan fingerprint density at radius 3 is 2.41 bits per heavy atom. The molecule has 0 aliphatic heterocycles. The number of carbonyl (C=O) groups excluding carboxylic acids is 2. The summed E-state index contributed by atoms with van der Waals surface area (Å²) >= 11 is 3.35. The number of hydrogen-bond acceptors (Lipinski definition) is 5. The first-order chi connectivity index (χ1) is 16.6. The number of thioether (sulfide) groups is 1. The molecule has 7 heteroatoms. The van der Waals surface area contributed by atoms with Gasteiger partial charge in [0.05, 0.1) is 10.2 Å². The summed E-state index contributed by atoms with van der Waals surface area (Å²) in [5.41, 5.74) is 8.85. The lowest BCUT2D eigenvalue weighted by molar-refractivity contribution is -0.120. The molecule has 0 aliphatic rings. The highest BCUT2D eigenvalue weighted by Gasteiger charge is 2.21. The first kappa shape index (κ1) is 22.1. The first-order valence-electron chi connectivity index (χ1n) is 10.7. The van der Waals surface area contributed by atoms with E-state index in [-0.39, 0.29) is 5.91 Å². The molecule has 0 saturated heterocycles. The lowest BCUT2D eigenvalue weighted by atomic mass is 10.0. The number of fused-ring (bicyclic) bond motifs is 2. The standard InChI is InChI=1S/C27H21N3O2S2/c28-25(31)24(21-14-13-18-5-1-2-6-20(18)15-21)30-26(32)19-11-9-17(10-12-19)16-33-27-29-22-7-3-4-8-23(22)34-27/h1-15,24H,16H2,(H2,28,31)(H,30,32). The van der Waals surface area contributed by atoms with E-state index in [1.165, 1.54) is 4.70 Å². The second-order valence-corrected chi connectivity index (χ2v) is 10.1. The molecular formula is C27H21N3O2S2. The fourth-order valence-corrected chi connectivity index (χ4v) is 5.76. The van der Waals surface area contributed by atoms with Crippen LogP contribution in [0.25, 0.3) is 21.0 Å². The molecule has 5 aromatic rings. The highest BCUT2D eigenvalue weighted by Crippen LogP contribution is 2.31. The molecule has 0 saturated carbocycles. The summed E-state index contributed by atoms with van der Waals surface area (Å²) in [6, 6.07) is 28.0. The van der Waals surface area contributed by atoms with Crippen LogP contribution in [0.15, 0.2) is 95.3 Å². The van der Waals surface area contributed by atoms with E-state index in [0.29, 0.717) is 11.1 Å². The molecular weight excluding hydrogens is 462 g/mol. The molecule has 34 heavy (non-hydrogen) atoms. The number of nitrogens with zero attached hydrogens (tertiary/aromatic N) is 1. The number of hydrogen-bond donors (Lipinski definition) is 2. The van der Waals surface area contributed by atoms with Gasteiger partial charge in [-0.1, -0.05) is 72.4 Å². The van der Waals surface area contributed by atoms with Crippen LogP contribution in [0.2, 0.25) is 0 Å². The number of benzene rings is 4. The second-order valence-electron chi connectivity index (χ2n) is 7.85. The van der Waals surface area contributed by atoms with Crippen molar-refractivity contribution in [1.82, 2.24) is 10.3 Å². The van der Waals surface area contributed by atoms with E-state index in [9.17, 15) is 9.59 Å². The van der Waals surface area contributed by atoms with Gasteiger partial charge in [-0.15, -0.1) is 11.3 Å². The van der Waals surface area contributed by atoms with Gasteiger partial charge in [-0.25, -0.2) is 4.98 Å². The maximum absolute atomic E-state index is 12.9. The minimum atomic E-state index is -0.911. The van der Waals surface area contributed by atoms with Crippen LogP contribution >= 0.6 is 23.1 Å². The largest absolute Gasteiger partial charge is 0.368 e. The number of rotatable bonds is 7. The molecule has 0 radical (unpaired) electrons. The van der Waals surface area contributed by atoms with Crippen molar-refractivity contribution in [2.24, 2.45) is 5.73 Å². The van der Waals surface area contributed by atoms with Crippen molar-refractivity contribution in [3.8, 4) is 0 Å². The maximum Gasteiger partial charge on any atom is 0.252 e. The molecule has 0 aliphatic carbocycles. The van der Waals surface area contributed by atoms with E-state index in [1.807, 2.05) is 72.8 Å². The maximum atomic E-state index is 12.9. The Balaban J connectivity index is 1.26. The summed E-state index contributed by atoms with van der Waals surface area (Å²) in [6.07, 6.45) is 0. The van der Waals surface area contributed by atoms with Crippen molar-refractivity contribution in [2.45, 2.75) is 16.1 Å². The van der Waals surface area contributed by atoms with Crippen LogP contribution in [-0.4, -0.2) is 16.8 Å². The van der Waals surface area contributed by atoms with Crippen LogP contribution in [0, 0.1) is 0 Å². The van der Waals surface area contributed by atoms with Crippen molar-refractivity contribution in [3.63, 3.8) is 0 Å². The molecule has 1 unspecified atom stereocenters. The van der Waals surface area contributed by atoms with Gasteiger partial charge in [-0.2, -0.15) is 0 Å². The lowest BCUT2D eigenvalue weighted by Crippen LogP contribution is -2.37. The number of thiazole rings is 1. The fourth-order valence-electron chi connectivity index (χ4n) is 3.73. The van der Waals surface area contributed by atoms with E-state index < -0.39 is 11.9 Å². The highest BCUT2D eigenvalue weighted by atomic mass is 32.2. The highest BCUT2D eigenvalue weighted by molar-refractivity contribution is 8.00. The van der Waals surface area contributed by atoms with Crippen molar-refractivity contribution >= 4 is 55.9 Å². The molecule has 1 aromatic heterocycles. The molecule has 0 spiro atoms. The Bertz CT molecular complexity index is 1460. The number of para-hydroxylation sites is 1.